The molecular formula is C19H20N6. The molecule has 0 atom stereocenters. The van der Waals surface area contributed by atoms with E-state index in [1.54, 1.807) is 18.6 Å². The van der Waals surface area contributed by atoms with E-state index in [1.165, 1.54) is 0 Å². The van der Waals surface area contributed by atoms with Crippen LogP contribution in [0.2, 0.25) is 0 Å². The predicted octanol–water partition coefficient (Wildman–Crippen LogP) is 3.70. The number of aromatic nitrogens is 5. The molecule has 0 unspecified atom stereocenters. The van der Waals surface area contributed by atoms with E-state index in [2.05, 4.69) is 19.9 Å². The number of benzene rings is 1. The minimum Gasteiger partial charge on any atom is -0.382 e. The Morgan fingerprint density at radius 2 is 1.72 bits per heavy atom. The van der Waals surface area contributed by atoms with Crippen molar-refractivity contribution in [1.82, 2.24) is 24.5 Å². The van der Waals surface area contributed by atoms with Crippen molar-refractivity contribution >= 4 is 16.9 Å². The number of imidazole rings is 1. The highest BCUT2D eigenvalue weighted by Gasteiger charge is 2.16. The average molecular weight is 332 g/mol. The first kappa shape index (κ1) is 16.6. The molecular weight excluding hydrogens is 312 g/mol. The number of fused-ring (bicyclic) bond motifs is 1. The van der Waals surface area contributed by atoms with Gasteiger partial charge in [-0.1, -0.05) is 44.2 Å². The Kier molecular flexibility index (Phi) is 4.70. The molecule has 2 N–H and O–H groups in total. The molecule has 0 saturated carbocycles. The number of rotatable bonds is 2. The third kappa shape index (κ3) is 3.06. The van der Waals surface area contributed by atoms with Crippen LogP contribution in [0.3, 0.4) is 0 Å². The Hall–Kier alpha value is -3.28. The summed E-state index contributed by atoms with van der Waals surface area (Å²) in [7, 11) is 1.93. The lowest BCUT2D eigenvalue weighted by Gasteiger charge is -2.07. The molecule has 4 rings (SSSR count). The number of nitrogens with two attached hydrogens (primary N) is 1. The van der Waals surface area contributed by atoms with Gasteiger partial charge in [0.25, 0.3) is 0 Å². The second-order valence-electron chi connectivity index (χ2n) is 5.21. The summed E-state index contributed by atoms with van der Waals surface area (Å²) in [4.78, 5) is 17.7. The minimum atomic E-state index is 0.357. The van der Waals surface area contributed by atoms with Crippen molar-refractivity contribution in [2.75, 3.05) is 5.73 Å². The SMILES string of the molecule is CC.Cn1c(-c2nc(-c3ccccc3)cnc2N)nc2cnccc21. The van der Waals surface area contributed by atoms with E-state index in [0.29, 0.717) is 17.3 Å². The van der Waals surface area contributed by atoms with E-state index >= 15 is 0 Å². The van der Waals surface area contributed by atoms with Crippen LogP contribution >= 0.6 is 0 Å². The Morgan fingerprint density at radius 1 is 0.960 bits per heavy atom. The van der Waals surface area contributed by atoms with Gasteiger partial charge in [-0.3, -0.25) is 4.98 Å². The fraction of sp³-hybridized carbons (Fsp3) is 0.158. The second-order valence-corrected chi connectivity index (χ2v) is 5.21. The molecule has 0 spiro atoms. The van der Waals surface area contributed by atoms with Crippen LogP contribution in [0, 0.1) is 0 Å². The van der Waals surface area contributed by atoms with E-state index in [1.807, 2.05) is 61.9 Å². The molecule has 4 aromatic rings. The first-order valence-electron chi connectivity index (χ1n) is 8.19. The second kappa shape index (κ2) is 7.09. The van der Waals surface area contributed by atoms with Crippen LogP contribution in [0.15, 0.2) is 55.0 Å². The highest BCUT2D eigenvalue weighted by molar-refractivity contribution is 5.81. The first-order chi connectivity index (χ1) is 12.2. The Bertz CT molecular complexity index is 991. The third-order valence-electron chi connectivity index (χ3n) is 3.77. The zero-order valence-electron chi connectivity index (χ0n) is 14.5. The number of pyridine rings is 1. The van der Waals surface area contributed by atoms with Gasteiger partial charge in [0, 0.05) is 18.8 Å². The summed E-state index contributed by atoms with van der Waals surface area (Å²) < 4.78 is 1.95. The number of hydrogen-bond donors (Lipinski definition) is 1. The largest absolute Gasteiger partial charge is 0.382 e. The van der Waals surface area contributed by atoms with Gasteiger partial charge < -0.3 is 10.3 Å². The van der Waals surface area contributed by atoms with Gasteiger partial charge in [-0.2, -0.15) is 0 Å². The quantitative estimate of drug-likeness (QED) is 0.605. The van der Waals surface area contributed by atoms with Crippen molar-refractivity contribution in [3.63, 3.8) is 0 Å². The zero-order valence-corrected chi connectivity index (χ0v) is 14.5. The van der Waals surface area contributed by atoms with Gasteiger partial charge in [0.1, 0.15) is 11.2 Å². The molecule has 0 radical (unpaired) electrons. The molecule has 1 aromatic carbocycles. The van der Waals surface area contributed by atoms with Gasteiger partial charge in [-0.15, -0.1) is 0 Å². The zero-order chi connectivity index (χ0) is 17.8. The van der Waals surface area contributed by atoms with Crippen LogP contribution in [-0.2, 0) is 7.05 Å². The molecule has 0 saturated heterocycles. The summed E-state index contributed by atoms with van der Waals surface area (Å²) in [5.74, 6) is 1.03. The summed E-state index contributed by atoms with van der Waals surface area (Å²) >= 11 is 0. The van der Waals surface area contributed by atoms with Crippen LogP contribution in [0.1, 0.15) is 13.8 Å². The molecule has 25 heavy (non-hydrogen) atoms. The molecule has 6 heteroatoms. The smallest absolute Gasteiger partial charge is 0.163 e. The van der Waals surface area contributed by atoms with Crippen LogP contribution in [0.25, 0.3) is 33.8 Å². The standard InChI is InChI=1S/C17H14N6.C2H6/c1-23-14-7-8-19-9-13(14)22-17(23)15-16(18)20-10-12(21-15)11-5-3-2-4-6-11;1-2/h2-10H,1H3,(H2,18,20);1-2H3. The molecule has 3 aromatic heterocycles. The van der Waals surface area contributed by atoms with Crippen molar-refractivity contribution < 1.29 is 0 Å². The summed E-state index contributed by atoms with van der Waals surface area (Å²) in [6.45, 7) is 4.00. The first-order valence-corrected chi connectivity index (χ1v) is 8.19. The normalized spacial score (nSPS) is 10.4. The molecule has 0 bridgehead atoms. The molecule has 6 nitrogen and oxygen atoms in total. The molecule has 126 valence electrons. The predicted molar refractivity (Wildman–Crippen MR) is 101 cm³/mol. The number of hydrogen-bond acceptors (Lipinski definition) is 5. The fourth-order valence-electron chi connectivity index (χ4n) is 2.57. The van der Waals surface area contributed by atoms with Crippen LogP contribution in [0.4, 0.5) is 5.82 Å². The Morgan fingerprint density at radius 3 is 2.44 bits per heavy atom. The maximum atomic E-state index is 6.05. The maximum Gasteiger partial charge on any atom is 0.163 e. The molecule has 0 aliphatic rings. The van der Waals surface area contributed by atoms with E-state index in [4.69, 9.17) is 5.73 Å². The number of aryl methyl sites for hydroxylation is 1. The van der Waals surface area contributed by atoms with Crippen LogP contribution < -0.4 is 5.73 Å². The topological polar surface area (TPSA) is 82.5 Å². The number of nitrogens with zero attached hydrogens (tertiary/aromatic N) is 5. The molecule has 0 amide bonds. The van der Waals surface area contributed by atoms with E-state index in [0.717, 1.165) is 22.3 Å². The van der Waals surface area contributed by atoms with Crippen molar-refractivity contribution in [2.45, 2.75) is 13.8 Å². The highest BCUT2D eigenvalue weighted by Crippen LogP contribution is 2.27. The van der Waals surface area contributed by atoms with Gasteiger partial charge in [0.05, 0.1) is 23.6 Å². The minimum absolute atomic E-state index is 0.357. The van der Waals surface area contributed by atoms with Crippen molar-refractivity contribution in [3.8, 4) is 22.8 Å². The Balaban J connectivity index is 0.000000880. The monoisotopic (exact) mass is 332 g/mol. The van der Waals surface area contributed by atoms with Crippen molar-refractivity contribution in [1.29, 1.82) is 0 Å². The average Bonchev–Trinajstić information content (AvgIpc) is 3.01. The van der Waals surface area contributed by atoms with E-state index < -0.39 is 0 Å². The fourth-order valence-corrected chi connectivity index (χ4v) is 2.57. The highest BCUT2D eigenvalue weighted by atomic mass is 15.1. The van der Waals surface area contributed by atoms with Crippen LogP contribution in [-0.4, -0.2) is 24.5 Å². The molecule has 0 aliphatic heterocycles. The van der Waals surface area contributed by atoms with E-state index in [-0.39, 0.29) is 0 Å². The van der Waals surface area contributed by atoms with Gasteiger partial charge in [-0.25, -0.2) is 15.0 Å². The third-order valence-corrected chi connectivity index (χ3v) is 3.77. The van der Waals surface area contributed by atoms with E-state index in [9.17, 15) is 0 Å². The maximum absolute atomic E-state index is 6.05. The van der Waals surface area contributed by atoms with Crippen LogP contribution in [0.5, 0.6) is 0 Å². The lowest BCUT2D eigenvalue weighted by Crippen LogP contribution is -2.02. The summed E-state index contributed by atoms with van der Waals surface area (Å²) in [6.07, 6.45) is 5.14. The molecule has 3 heterocycles. The lowest BCUT2D eigenvalue weighted by atomic mass is 10.1. The van der Waals surface area contributed by atoms with Crippen molar-refractivity contribution in [2.24, 2.45) is 7.05 Å². The summed E-state index contributed by atoms with van der Waals surface area (Å²) in [6, 6.07) is 11.8. The summed E-state index contributed by atoms with van der Waals surface area (Å²) in [5, 5.41) is 0. The molecule has 0 fully saturated rings. The van der Waals surface area contributed by atoms with Crippen molar-refractivity contribution in [3.05, 3.63) is 55.0 Å². The van der Waals surface area contributed by atoms with Gasteiger partial charge in [0.2, 0.25) is 0 Å². The van der Waals surface area contributed by atoms with Gasteiger partial charge in [-0.05, 0) is 6.07 Å². The lowest BCUT2D eigenvalue weighted by molar-refractivity contribution is 0.948. The number of nitrogen functional groups attached to an aromatic ring is 1. The Labute approximate surface area is 146 Å². The molecule has 0 aliphatic carbocycles. The number of anilines is 1. The van der Waals surface area contributed by atoms with Gasteiger partial charge in [0.15, 0.2) is 11.6 Å². The van der Waals surface area contributed by atoms with Gasteiger partial charge >= 0.3 is 0 Å². The summed E-state index contributed by atoms with van der Waals surface area (Å²) in [5.41, 5.74) is 10.1.